The number of halogens is 1. The number of aromatic nitrogens is 2. The van der Waals surface area contributed by atoms with Gasteiger partial charge in [-0.1, -0.05) is 60.8 Å². The standard InChI is InChI=1S/C24H24ClN3O3/c1-16-9-10-19(18(25)13-16)26-23(31)21-22(30)20(29)14-28(27-21)15-24(11-5-6-12-24)17-7-3-2-4-8-17/h2-4,7-10,13-14,29H,5-6,11-12,15H2,1H3,(H,26,31). The second-order valence-corrected chi connectivity index (χ2v) is 8.59. The maximum atomic E-state index is 12.8. The Morgan fingerprint density at radius 1 is 1.19 bits per heavy atom. The van der Waals surface area contributed by atoms with E-state index >= 15 is 0 Å². The first kappa shape index (κ1) is 21.1. The zero-order valence-electron chi connectivity index (χ0n) is 17.3. The first-order chi connectivity index (χ1) is 14.9. The summed E-state index contributed by atoms with van der Waals surface area (Å²) in [4.78, 5) is 25.3. The minimum atomic E-state index is -0.808. The quantitative estimate of drug-likeness (QED) is 0.607. The average molecular weight is 438 g/mol. The molecule has 0 saturated heterocycles. The van der Waals surface area contributed by atoms with E-state index in [1.807, 2.05) is 25.1 Å². The van der Waals surface area contributed by atoms with Crippen LogP contribution in [0.3, 0.4) is 0 Å². The Labute approximate surface area is 185 Å². The van der Waals surface area contributed by atoms with Crippen LogP contribution in [0.1, 0.15) is 47.3 Å². The summed E-state index contributed by atoms with van der Waals surface area (Å²) in [6.07, 6.45) is 5.46. The minimum Gasteiger partial charge on any atom is -0.503 e. The third-order valence-corrected chi connectivity index (χ3v) is 6.26. The molecule has 160 valence electrons. The van der Waals surface area contributed by atoms with Gasteiger partial charge in [-0.3, -0.25) is 14.3 Å². The average Bonchev–Trinajstić information content (AvgIpc) is 3.23. The van der Waals surface area contributed by atoms with Gasteiger partial charge in [0.15, 0.2) is 11.4 Å². The number of anilines is 1. The van der Waals surface area contributed by atoms with E-state index in [2.05, 4.69) is 22.5 Å². The molecule has 1 aromatic heterocycles. The van der Waals surface area contributed by atoms with E-state index in [0.717, 1.165) is 31.2 Å². The highest BCUT2D eigenvalue weighted by atomic mass is 35.5. The Balaban J connectivity index is 1.66. The van der Waals surface area contributed by atoms with Crippen LogP contribution >= 0.6 is 11.6 Å². The number of benzene rings is 2. The number of hydrogen-bond donors (Lipinski definition) is 2. The number of aromatic hydroxyl groups is 1. The van der Waals surface area contributed by atoms with Gasteiger partial charge in [0.2, 0.25) is 0 Å². The molecule has 0 unspecified atom stereocenters. The number of hydrogen-bond acceptors (Lipinski definition) is 4. The fourth-order valence-electron chi connectivity index (χ4n) is 4.35. The van der Waals surface area contributed by atoms with Gasteiger partial charge in [0.1, 0.15) is 0 Å². The molecule has 1 saturated carbocycles. The van der Waals surface area contributed by atoms with E-state index in [0.29, 0.717) is 17.3 Å². The molecule has 31 heavy (non-hydrogen) atoms. The smallest absolute Gasteiger partial charge is 0.280 e. The Kier molecular flexibility index (Phi) is 5.83. The molecule has 0 aliphatic heterocycles. The lowest BCUT2D eigenvalue weighted by molar-refractivity contribution is 0.101. The maximum Gasteiger partial charge on any atom is 0.280 e. The summed E-state index contributed by atoms with van der Waals surface area (Å²) in [6, 6.07) is 15.4. The van der Waals surface area contributed by atoms with Crippen LogP contribution in [0.25, 0.3) is 0 Å². The fraction of sp³-hybridized carbons (Fsp3) is 0.292. The van der Waals surface area contributed by atoms with Gasteiger partial charge in [-0.15, -0.1) is 0 Å². The summed E-state index contributed by atoms with van der Waals surface area (Å²) in [6.45, 7) is 2.36. The molecule has 2 aromatic carbocycles. The van der Waals surface area contributed by atoms with Gasteiger partial charge < -0.3 is 10.4 Å². The van der Waals surface area contributed by atoms with Crippen molar-refractivity contribution in [1.29, 1.82) is 0 Å². The predicted octanol–water partition coefficient (Wildman–Crippen LogP) is 4.68. The molecular formula is C24H24ClN3O3. The van der Waals surface area contributed by atoms with Crippen LogP contribution in [0.15, 0.2) is 59.5 Å². The fourth-order valence-corrected chi connectivity index (χ4v) is 4.63. The SMILES string of the molecule is Cc1ccc(NC(=O)c2nn(CC3(c4ccccc4)CCCC3)cc(O)c2=O)c(Cl)c1. The molecule has 7 heteroatoms. The maximum absolute atomic E-state index is 12.8. The number of carbonyl (C=O) groups excluding carboxylic acids is 1. The van der Waals surface area contributed by atoms with Crippen molar-refractivity contribution in [2.24, 2.45) is 0 Å². The second kappa shape index (κ2) is 8.55. The second-order valence-electron chi connectivity index (χ2n) is 8.18. The molecule has 6 nitrogen and oxygen atoms in total. The van der Waals surface area contributed by atoms with Crippen molar-refractivity contribution in [1.82, 2.24) is 9.78 Å². The van der Waals surface area contributed by atoms with Crippen LogP contribution in [0, 0.1) is 6.92 Å². The van der Waals surface area contributed by atoms with Gasteiger partial charge in [0.25, 0.3) is 11.3 Å². The molecule has 0 atom stereocenters. The molecule has 1 amide bonds. The summed E-state index contributed by atoms with van der Waals surface area (Å²) in [7, 11) is 0. The van der Waals surface area contributed by atoms with Crippen molar-refractivity contribution in [3.63, 3.8) is 0 Å². The number of nitrogens with zero attached hydrogens (tertiary/aromatic N) is 2. The summed E-state index contributed by atoms with van der Waals surface area (Å²) in [5.41, 5.74) is 1.21. The van der Waals surface area contributed by atoms with Gasteiger partial charge >= 0.3 is 0 Å². The molecule has 1 fully saturated rings. The van der Waals surface area contributed by atoms with Gasteiger partial charge in [0, 0.05) is 5.41 Å². The van der Waals surface area contributed by atoms with E-state index in [9.17, 15) is 14.7 Å². The van der Waals surface area contributed by atoms with Crippen molar-refractivity contribution < 1.29 is 9.90 Å². The number of amides is 1. The molecule has 2 N–H and O–H groups in total. The van der Waals surface area contributed by atoms with Crippen molar-refractivity contribution in [2.45, 2.75) is 44.6 Å². The zero-order valence-corrected chi connectivity index (χ0v) is 18.0. The molecular weight excluding hydrogens is 414 g/mol. The highest BCUT2D eigenvalue weighted by molar-refractivity contribution is 6.34. The van der Waals surface area contributed by atoms with E-state index in [-0.39, 0.29) is 11.1 Å². The van der Waals surface area contributed by atoms with E-state index in [1.165, 1.54) is 16.4 Å². The van der Waals surface area contributed by atoms with Gasteiger partial charge in [-0.25, -0.2) is 0 Å². The van der Waals surface area contributed by atoms with E-state index in [4.69, 9.17) is 11.6 Å². The van der Waals surface area contributed by atoms with Crippen molar-refractivity contribution in [3.8, 4) is 5.75 Å². The van der Waals surface area contributed by atoms with Crippen LogP contribution < -0.4 is 10.7 Å². The largest absolute Gasteiger partial charge is 0.503 e. The predicted molar refractivity (Wildman–Crippen MR) is 121 cm³/mol. The van der Waals surface area contributed by atoms with Crippen LogP contribution in [-0.4, -0.2) is 20.8 Å². The topological polar surface area (TPSA) is 84.2 Å². The molecule has 4 rings (SSSR count). The minimum absolute atomic E-state index is 0.149. The summed E-state index contributed by atoms with van der Waals surface area (Å²) < 4.78 is 1.51. The van der Waals surface area contributed by atoms with Crippen LogP contribution in [0.2, 0.25) is 5.02 Å². The molecule has 1 aliphatic rings. The molecule has 0 bridgehead atoms. The van der Waals surface area contributed by atoms with E-state index < -0.39 is 17.1 Å². The summed E-state index contributed by atoms with van der Waals surface area (Å²) in [5, 5.41) is 17.5. The lowest BCUT2D eigenvalue weighted by atomic mass is 9.79. The van der Waals surface area contributed by atoms with Gasteiger partial charge in [-0.2, -0.15) is 5.10 Å². The number of nitrogens with one attached hydrogen (secondary N) is 1. The lowest BCUT2D eigenvalue weighted by Gasteiger charge is -2.30. The number of carbonyl (C=O) groups is 1. The van der Waals surface area contributed by atoms with Crippen molar-refractivity contribution in [2.75, 3.05) is 5.32 Å². The number of rotatable bonds is 5. The Bertz CT molecular complexity index is 1170. The summed E-state index contributed by atoms with van der Waals surface area (Å²) in [5.74, 6) is -1.21. The summed E-state index contributed by atoms with van der Waals surface area (Å²) >= 11 is 6.20. The zero-order chi connectivity index (χ0) is 22.0. The first-order valence-corrected chi connectivity index (χ1v) is 10.7. The third kappa shape index (κ3) is 4.35. The van der Waals surface area contributed by atoms with Crippen LogP contribution in [-0.2, 0) is 12.0 Å². The number of aryl methyl sites for hydroxylation is 1. The lowest BCUT2D eigenvalue weighted by Crippen LogP contribution is -2.32. The Morgan fingerprint density at radius 2 is 1.90 bits per heavy atom. The van der Waals surface area contributed by atoms with Crippen molar-refractivity contribution >= 4 is 23.2 Å². The first-order valence-electron chi connectivity index (χ1n) is 10.3. The highest BCUT2D eigenvalue weighted by Crippen LogP contribution is 2.42. The molecule has 1 heterocycles. The van der Waals surface area contributed by atoms with Crippen LogP contribution in [0.5, 0.6) is 5.75 Å². The Morgan fingerprint density at radius 3 is 2.58 bits per heavy atom. The molecule has 3 aromatic rings. The molecule has 0 radical (unpaired) electrons. The third-order valence-electron chi connectivity index (χ3n) is 5.95. The molecule has 1 aliphatic carbocycles. The van der Waals surface area contributed by atoms with Crippen molar-refractivity contribution in [3.05, 3.63) is 86.8 Å². The molecule has 0 spiro atoms. The Hall–Kier alpha value is -3.12. The van der Waals surface area contributed by atoms with Crippen LogP contribution in [0.4, 0.5) is 5.69 Å². The monoisotopic (exact) mass is 437 g/mol. The van der Waals surface area contributed by atoms with E-state index in [1.54, 1.807) is 18.2 Å². The van der Waals surface area contributed by atoms with Gasteiger partial charge in [-0.05, 0) is 43.0 Å². The highest BCUT2D eigenvalue weighted by Gasteiger charge is 2.36. The normalized spacial score (nSPS) is 15.0. The van der Waals surface area contributed by atoms with Gasteiger partial charge in [0.05, 0.1) is 23.5 Å².